The third-order valence-electron chi connectivity index (χ3n) is 4.01. The number of benzene rings is 1. The molecule has 0 bridgehead atoms. The van der Waals surface area contributed by atoms with Crippen LogP contribution in [-0.2, 0) is 10.2 Å². The monoisotopic (exact) mass is 340 g/mol. The fraction of sp³-hybridized carbons (Fsp3) is 0.263. The quantitative estimate of drug-likeness (QED) is 0.699. The third kappa shape index (κ3) is 2.99. The van der Waals surface area contributed by atoms with Crippen LogP contribution in [0.5, 0.6) is 0 Å². The smallest absolute Gasteiger partial charge is 0.328 e. The highest BCUT2D eigenvalue weighted by atomic mass is 32.1. The Hall–Kier alpha value is -2.40. The number of fused-ring (bicyclic) bond motifs is 1. The van der Waals surface area contributed by atoms with Crippen molar-refractivity contribution in [2.45, 2.75) is 33.1 Å². The first-order chi connectivity index (χ1) is 11.3. The largest absolute Gasteiger partial charge is 0.478 e. The van der Waals surface area contributed by atoms with Crippen molar-refractivity contribution in [3.63, 3.8) is 0 Å². The molecule has 1 aromatic carbocycles. The minimum absolute atomic E-state index is 0.115. The van der Waals surface area contributed by atoms with Crippen LogP contribution in [-0.4, -0.2) is 20.5 Å². The molecule has 2 aromatic heterocycles. The number of imidazole rings is 1. The molecule has 3 aromatic rings. The van der Waals surface area contributed by atoms with Gasteiger partial charge in [-0.15, -0.1) is 11.3 Å². The Morgan fingerprint density at radius 2 is 1.92 bits per heavy atom. The zero-order valence-electron chi connectivity index (χ0n) is 14.2. The van der Waals surface area contributed by atoms with E-state index in [1.807, 2.05) is 11.3 Å². The first kappa shape index (κ1) is 16.5. The lowest BCUT2D eigenvalue weighted by Crippen LogP contribution is -2.10. The van der Waals surface area contributed by atoms with Crippen LogP contribution in [0.1, 0.15) is 37.7 Å². The average molecular weight is 340 g/mol. The molecule has 2 heterocycles. The molecule has 0 unspecified atom stereocenters. The van der Waals surface area contributed by atoms with Gasteiger partial charge in [0.15, 0.2) is 4.96 Å². The third-order valence-corrected chi connectivity index (χ3v) is 4.84. The van der Waals surface area contributed by atoms with Gasteiger partial charge in [0.1, 0.15) is 0 Å². The Balaban J connectivity index is 2.12. The summed E-state index contributed by atoms with van der Waals surface area (Å²) in [6.07, 6.45) is 2.76. The van der Waals surface area contributed by atoms with Gasteiger partial charge in [-0.05, 0) is 29.5 Å². The molecule has 0 saturated carbocycles. The van der Waals surface area contributed by atoms with Crippen LogP contribution in [0, 0.1) is 6.92 Å². The van der Waals surface area contributed by atoms with E-state index in [0.29, 0.717) is 0 Å². The van der Waals surface area contributed by atoms with Crippen molar-refractivity contribution in [1.29, 1.82) is 0 Å². The molecule has 0 fully saturated rings. The molecule has 0 spiro atoms. The predicted molar refractivity (Wildman–Crippen MR) is 98.6 cm³/mol. The number of carboxylic acids is 1. The maximum Gasteiger partial charge on any atom is 0.328 e. The van der Waals surface area contributed by atoms with Crippen LogP contribution in [0.15, 0.2) is 35.7 Å². The maximum atomic E-state index is 10.9. The second kappa shape index (κ2) is 5.91. The molecule has 0 aliphatic heterocycles. The number of hydrogen-bond donors (Lipinski definition) is 1. The van der Waals surface area contributed by atoms with Crippen molar-refractivity contribution in [3.8, 4) is 11.3 Å². The van der Waals surface area contributed by atoms with Crippen molar-refractivity contribution >= 4 is 28.3 Å². The van der Waals surface area contributed by atoms with Gasteiger partial charge < -0.3 is 5.11 Å². The molecule has 4 nitrogen and oxygen atoms in total. The number of nitrogens with zero attached hydrogens (tertiary/aromatic N) is 2. The molecule has 5 heteroatoms. The van der Waals surface area contributed by atoms with E-state index in [1.54, 1.807) is 17.4 Å². The van der Waals surface area contributed by atoms with Crippen LogP contribution >= 0.6 is 11.3 Å². The normalized spacial score (nSPS) is 12.3. The molecule has 0 atom stereocenters. The van der Waals surface area contributed by atoms with Crippen LogP contribution in [0.25, 0.3) is 22.3 Å². The van der Waals surface area contributed by atoms with E-state index in [1.165, 1.54) is 5.56 Å². The number of rotatable bonds is 3. The van der Waals surface area contributed by atoms with Gasteiger partial charge in [0.2, 0.25) is 0 Å². The molecule has 3 rings (SSSR count). The van der Waals surface area contributed by atoms with Crippen LogP contribution in [0.3, 0.4) is 0 Å². The number of carbonyl (C=O) groups is 1. The highest BCUT2D eigenvalue weighted by Gasteiger charge is 2.16. The standard InChI is InChI=1S/C19H20N2O2S/c1-12-15(9-10-17(22)23)21-16(11-24-18(21)20-12)13-5-7-14(8-6-13)19(2,3)4/h5-11H,1-4H3,(H,22,23)/b10-9+. The summed E-state index contributed by atoms with van der Waals surface area (Å²) in [5, 5.41) is 11.0. The van der Waals surface area contributed by atoms with Gasteiger partial charge in [-0.2, -0.15) is 0 Å². The minimum atomic E-state index is -0.962. The van der Waals surface area contributed by atoms with Crippen LogP contribution in [0.2, 0.25) is 0 Å². The Morgan fingerprint density at radius 3 is 2.50 bits per heavy atom. The Bertz CT molecular complexity index is 925. The summed E-state index contributed by atoms with van der Waals surface area (Å²) in [5.74, 6) is -0.962. The maximum absolute atomic E-state index is 10.9. The second-order valence-electron chi connectivity index (χ2n) is 6.82. The van der Waals surface area contributed by atoms with E-state index in [2.05, 4.69) is 55.4 Å². The summed E-state index contributed by atoms with van der Waals surface area (Å²) in [6, 6.07) is 8.52. The first-order valence-corrected chi connectivity index (χ1v) is 8.64. The van der Waals surface area contributed by atoms with E-state index in [0.717, 1.165) is 33.7 Å². The van der Waals surface area contributed by atoms with Crippen molar-refractivity contribution in [2.24, 2.45) is 0 Å². The summed E-state index contributed by atoms with van der Waals surface area (Å²) in [6.45, 7) is 8.48. The van der Waals surface area contributed by atoms with Gasteiger partial charge in [-0.1, -0.05) is 45.0 Å². The average Bonchev–Trinajstić information content (AvgIpc) is 3.03. The zero-order chi connectivity index (χ0) is 17.5. The molecule has 0 aliphatic carbocycles. The highest BCUT2D eigenvalue weighted by Crippen LogP contribution is 2.31. The van der Waals surface area contributed by atoms with Crippen molar-refractivity contribution in [1.82, 2.24) is 9.38 Å². The van der Waals surface area contributed by atoms with E-state index in [-0.39, 0.29) is 5.41 Å². The van der Waals surface area contributed by atoms with Gasteiger partial charge in [0, 0.05) is 11.5 Å². The molecule has 0 radical (unpaired) electrons. The van der Waals surface area contributed by atoms with Crippen molar-refractivity contribution in [2.75, 3.05) is 0 Å². The lowest BCUT2D eigenvalue weighted by Gasteiger charge is -2.19. The number of hydrogen-bond acceptors (Lipinski definition) is 3. The zero-order valence-corrected chi connectivity index (χ0v) is 15.0. The summed E-state index contributed by atoms with van der Waals surface area (Å²) in [7, 11) is 0. The molecule has 24 heavy (non-hydrogen) atoms. The van der Waals surface area contributed by atoms with Gasteiger partial charge in [0.05, 0.1) is 17.1 Å². The molecule has 0 amide bonds. The fourth-order valence-corrected chi connectivity index (χ4v) is 3.62. The number of carboxylic acid groups (broad SMARTS) is 1. The number of aromatic nitrogens is 2. The lowest BCUT2D eigenvalue weighted by molar-refractivity contribution is -0.131. The van der Waals surface area contributed by atoms with Gasteiger partial charge in [0.25, 0.3) is 0 Å². The Kier molecular flexibility index (Phi) is 4.05. The van der Waals surface area contributed by atoms with Gasteiger partial charge in [-0.25, -0.2) is 9.78 Å². The molecule has 0 saturated heterocycles. The summed E-state index contributed by atoms with van der Waals surface area (Å²) < 4.78 is 2.02. The number of aliphatic carboxylic acids is 1. The minimum Gasteiger partial charge on any atom is -0.478 e. The van der Waals surface area contributed by atoms with Crippen LogP contribution < -0.4 is 0 Å². The SMILES string of the molecule is Cc1nc2scc(-c3ccc(C(C)(C)C)cc3)n2c1/C=C/C(=O)O. The van der Waals surface area contributed by atoms with Crippen molar-refractivity contribution < 1.29 is 9.90 Å². The predicted octanol–water partition coefficient (Wildman–Crippen LogP) is 4.77. The van der Waals surface area contributed by atoms with E-state index < -0.39 is 5.97 Å². The fourth-order valence-electron chi connectivity index (χ4n) is 2.67. The summed E-state index contributed by atoms with van der Waals surface area (Å²) >= 11 is 1.56. The lowest BCUT2D eigenvalue weighted by atomic mass is 9.86. The van der Waals surface area contributed by atoms with Gasteiger partial charge in [-0.3, -0.25) is 4.40 Å². The summed E-state index contributed by atoms with van der Waals surface area (Å²) in [5.41, 5.74) is 5.16. The number of thiazole rings is 1. The van der Waals surface area contributed by atoms with E-state index in [4.69, 9.17) is 5.11 Å². The molecule has 1 N–H and O–H groups in total. The van der Waals surface area contributed by atoms with E-state index in [9.17, 15) is 4.79 Å². The Labute approximate surface area is 145 Å². The van der Waals surface area contributed by atoms with Crippen molar-refractivity contribution in [3.05, 3.63) is 52.7 Å². The molecular formula is C19H20N2O2S. The van der Waals surface area contributed by atoms with Gasteiger partial charge >= 0.3 is 5.97 Å². The number of aryl methyl sites for hydroxylation is 1. The highest BCUT2D eigenvalue weighted by molar-refractivity contribution is 7.15. The Morgan fingerprint density at radius 1 is 1.25 bits per heavy atom. The second-order valence-corrected chi connectivity index (χ2v) is 7.66. The first-order valence-electron chi connectivity index (χ1n) is 7.76. The molecule has 124 valence electrons. The van der Waals surface area contributed by atoms with E-state index >= 15 is 0 Å². The molecular weight excluding hydrogens is 320 g/mol. The summed E-state index contributed by atoms with van der Waals surface area (Å²) in [4.78, 5) is 16.3. The van der Waals surface area contributed by atoms with Crippen LogP contribution in [0.4, 0.5) is 0 Å². The molecule has 0 aliphatic rings. The topological polar surface area (TPSA) is 54.6 Å².